The summed E-state index contributed by atoms with van der Waals surface area (Å²) in [5.74, 6) is -1.08. The van der Waals surface area contributed by atoms with Crippen LogP contribution in [0.3, 0.4) is 0 Å². The van der Waals surface area contributed by atoms with E-state index in [0.717, 1.165) is 6.26 Å². The Hall–Kier alpha value is -2.67. The highest BCUT2D eigenvalue weighted by molar-refractivity contribution is 7.90. The van der Waals surface area contributed by atoms with Gasteiger partial charge in [-0.25, -0.2) is 13.2 Å². The Morgan fingerprint density at radius 2 is 1.63 bits per heavy atom. The minimum Gasteiger partial charge on any atom is -0.444 e. The van der Waals surface area contributed by atoms with Gasteiger partial charge in [-0.15, -0.1) is 0 Å². The lowest BCUT2D eigenvalue weighted by atomic mass is 10.1. The number of esters is 1. The van der Waals surface area contributed by atoms with Gasteiger partial charge in [0.1, 0.15) is 0 Å². The second kappa shape index (κ2) is 8.81. The topological polar surface area (TPSA) is 80.8 Å². The molecule has 27 heavy (non-hydrogen) atoms. The molecule has 0 unspecified atom stereocenters. The lowest BCUT2D eigenvalue weighted by Gasteiger charge is -2.25. The van der Waals surface area contributed by atoms with Gasteiger partial charge in [0, 0.05) is 24.9 Å². The van der Waals surface area contributed by atoms with Crippen LogP contribution in [0.25, 0.3) is 0 Å². The maximum atomic E-state index is 12.9. The molecule has 1 atom stereocenters. The van der Waals surface area contributed by atoms with Crippen molar-refractivity contribution < 1.29 is 22.7 Å². The van der Waals surface area contributed by atoms with Crippen LogP contribution in [0, 0.1) is 0 Å². The van der Waals surface area contributed by atoms with Crippen molar-refractivity contribution in [2.24, 2.45) is 0 Å². The number of carbonyl (C=O) groups is 2. The van der Waals surface area contributed by atoms with Crippen LogP contribution in [0.2, 0.25) is 0 Å². The molecule has 0 saturated carbocycles. The van der Waals surface area contributed by atoms with E-state index in [1.165, 1.54) is 24.3 Å². The molecule has 6 nitrogen and oxygen atoms in total. The number of nitrogens with zero attached hydrogens (tertiary/aromatic N) is 1. The van der Waals surface area contributed by atoms with E-state index in [9.17, 15) is 18.0 Å². The fourth-order valence-electron chi connectivity index (χ4n) is 2.62. The largest absolute Gasteiger partial charge is 0.444 e. The summed E-state index contributed by atoms with van der Waals surface area (Å²) in [5.41, 5.74) is 0.633. The lowest BCUT2D eigenvalue weighted by molar-refractivity contribution is -0.140. The van der Waals surface area contributed by atoms with Crippen LogP contribution in [0.5, 0.6) is 0 Å². The van der Waals surface area contributed by atoms with Crippen LogP contribution >= 0.6 is 0 Å². The van der Waals surface area contributed by atoms with Crippen LogP contribution in [0.1, 0.15) is 35.9 Å². The summed E-state index contributed by atoms with van der Waals surface area (Å²) in [5, 5.41) is 0. The Balaban J connectivity index is 2.35. The molecule has 7 heteroatoms. The van der Waals surface area contributed by atoms with Gasteiger partial charge in [0.25, 0.3) is 5.91 Å². The third-order valence-corrected chi connectivity index (χ3v) is 5.23. The number of carbonyl (C=O) groups excluding carboxylic acids is 2. The summed E-state index contributed by atoms with van der Waals surface area (Å²) in [6.07, 6.45) is -0.0332. The zero-order chi connectivity index (χ0) is 20.0. The number of ether oxygens (including phenoxy) is 1. The highest BCUT2D eigenvalue weighted by Gasteiger charge is 2.29. The molecule has 2 rings (SSSR count). The maximum Gasteiger partial charge on any atom is 0.339 e. The summed E-state index contributed by atoms with van der Waals surface area (Å²) in [6, 6.07) is 14.3. The van der Waals surface area contributed by atoms with Gasteiger partial charge < -0.3 is 9.64 Å². The molecule has 0 aliphatic heterocycles. The normalized spacial score (nSPS) is 12.3. The van der Waals surface area contributed by atoms with E-state index in [0.29, 0.717) is 18.7 Å². The van der Waals surface area contributed by atoms with E-state index >= 15 is 0 Å². The summed E-state index contributed by atoms with van der Waals surface area (Å²) in [7, 11) is -3.46. The number of sulfone groups is 1. The van der Waals surface area contributed by atoms with E-state index in [2.05, 4.69) is 0 Å². The van der Waals surface area contributed by atoms with Gasteiger partial charge in [-0.2, -0.15) is 0 Å². The van der Waals surface area contributed by atoms with Crippen molar-refractivity contribution in [2.75, 3.05) is 19.3 Å². The number of benzene rings is 2. The number of likely N-dealkylation sites (N-methyl/N-ethyl adjacent to an activating group) is 1. The minimum absolute atomic E-state index is 0.0169. The van der Waals surface area contributed by atoms with Gasteiger partial charge in [-0.05, 0) is 32.0 Å². The second-order valence-electron chi connectivity index (χ2n) is 6.01. The zero-order valence-corrected chi connectivity index (χ0v) is 16.4. The van der Waals surface area contributed by atoms with Crippen LogP contribution in [-0.4, -0.2) is 44.5 Å². The van der Waals surface area contributed by atoms with Gasteiger partial charge in [-0.1, -0.05) is 36.4 Å². The molecule has 0 heterocycles. The van der Waals surface area contributed by atoms with Gasteiger partial charge in [0.15, 0.2) is 9.84 Å². The van der Waals surface area contributed by atoms with Crippen LogP contribution < -0.4 is 0 Å². The molecule has 2 aromatic carbocycles. The SMILES string of the molecule is CCN(CC)C(=O)[C@H](OC(=O)c1cccc(S(C)(=O)=O)c1)c1ccccc1. The van der Waals surface area contributed by atoms with Crippen molar-refractivity contribution in [1.82, 2.24) is 4.90 Å². The first-order chi connectivity index (χ1) is 12.8. The van der Waals surface area contributed by atoms with E-state index < -0.39 is 21.9 Å². The van der Waals surface area contributed by atoms with Gasteiger partial charge in [-0.3, -0.25) is 4.79 Å². The average molecular weight is 389 g/mol. The lowest BCUT2D eigenvalue weighted by Crippen LogP contribution is -2.36. The molecule has 2 aromatic rings. The fraction of sp³-hybridized carbons (Fsp3) is 0.300. The Kier molecular flexibility index (Phi) is 6.74. The first kappa shape index (κ1) is 20.6. The predicted molar refractivity (Wildman–Crippen MR) is 102 cm³/mol. The highest BCUT2D eigenvalue weighted by atomic mass is 32.2. The molecular formula is C20H23NO5S. The van der Waals surface area contributed by atoms with E-state index in [1.54, 1.807) is 35.2 Å². The molecule has 0 aliphatic rings. The highest BCUT2D eigenvalue weighted by Crippen LogP contribution is 2.23. The zero-order valence-electron chi connectivity index (χ0n) is 15.6. The molecule has 144 valence electrons. The van der Waals surface area contributed by atoms with Crippen molar-refractivity contribution >= 4 is 21.7 Å². The minimum atomic E-state index is -3.46. The molecule has 0 spiro atoms. The Labute approximate surface area is 159 Å². The first-order valence-electron chi connectivity index (χ1n) is 8.62. The molecule has 1 amide bonds. The molecule has 0 N–H and O–H groups in total. The van der Waals surface area contributed by atoms with Crippen molar-refractivity contribution in [2.45, 2.75) is 24.8 Å². The van der Waals surface area contributed by atoms with E-state index in [4.69, 9.17) is 4.74 Å². The maximum absolute atomic E-state index is 12.9. The Bertz CT molecular complexity index is 905. The Morgan fingerprint density at radius 1 is 1.00 bits per heavy atom. The summed E-state index contributed by atoms with van der Waals surface area (Å²) >= 11 is 0. The van der Waals surface area contributed by atoms with E-state index in [-0.39, 0.29) is 16.4 Å². The number of hydrogen-bond donors (Lipinski definition) is 0. The quantitative estimate of drug-likeness (QED) is 0.680. The van der Waals surface area contributed by atoms with Gasteiger partial charge in [0.2, 0.25) is 6.10 Å². The third-order valence-electron chi connectivity index (χ3n) is 4.12. The van der Waals surface area contributed by atoms with Crippen molar-refractivity contribution in [3.8, 4) is 0 Å². The Morgan fingerprint density at radius 3 is 2.19 bits per heavy atom. The molecule has 0 aromatic heterocycles. The van der Waals surface area contributed by atoms with Crippen molar-refractivity contribution in [3.05, 3.63) is 65.7 Å². The third kappa shape index (κ3) is 5.17. The van der Waals surface area contributed by atoms with Gasteiger partial charge >= 0.3 is 5.97 Å². The first-order valence-corrected chi connectivity index (χ1v) is 10.5. The monoisotopic (exact) mass is 389 g/mol. The standard InChI is InChI=1S/C20H23NO5S/c1-4-21(5-2)19(22)18(15-10-7-6-8-11-15)26-20(23)16-12-9-13-17(14-16)27(3,24)25/h6-14,18H,4-5H2,1-3H3/t18-/m1/s1. The van der Waals surface area contributed by atoms with Crippen molar-refractivity contribution in [3.63, 3.8) is 0 Å². The van der Waals surface area contributed by atoms with Crippen LogP contribution in [0.15, 0.2) is 59.5 Å². The molecule has 0 radical (unpaired) electrons. The average Bonchev–Trinajstić information content (AvgIpc) is 2.67. The van der Waals surface area contributed by atoms with E-state index in [1.807, 2.05) is 13.8 Å². The molecule has 0 bridgehead atoms. The molecule has 0 saturated heterocycles. The fourth-order valence-corrected chi connectivity index (χ4v) is 3.29. The van der Waals surface area contributed by atoms with Crippen molar-refractivity contribution in [1.29, 1.82) is 0 Å². The number of hydrogen-bond acceptors (Lipinski definition) is 5. The van der Waals surface area contributed by atoms with Crippen LogP contribution in [0.4, 0.5) is 0 Å². The predicted octanol–water partition coefficient (Wildman–Crippen LogP) is 2.86. The smallest absolute Gasteiger partial charge is 0.339 e. The molecular weight excluding hydrogens is 366 g/mol. The molecule has 0 aliphatic carbocycles. The summed E-state index contributed by atoms with van der Waals surface area (Å²) in [6.45, 7) is 4.67. The summed E-state index contributed by atoms with van der Waals surface area (Å²) in [4.78, 5) is 27.1. The van der Waals surface area contributed by atoms with Gasteiger partial charge in [0.05, 0.1) is 10.5 Å². The second-order valence-corrected chi connectivity index (χ2v) is 8.02. The van der Waals surface area contributed by atoms with Crippen LogP contribution in [-0.2, 0) is 19.4 Å². The molecule has 0 fully saturated rings. The number of rotatable bonds is 7. The summed E-state index contributed by atoms with van der Waals surface area (Å²) < 4.78 is 28.9. The number of amides is 1.